The summed E-state index contributed by atoms with van der Waals surface area (Å²) in [5, 5.41) is -4.24. The van der Waals surface area contributed by atoms with E-state index in [1.165, 1.54) is 0 Å². The molecule has 3 nitrogen and oxygen atoms in total. The second-order valence-corrected chi connectivity index (χ2v) is 6.19. The van der Waals surface area contributed by atoms with Crippen LogP contribution in [-0.4, -0.2) is 24.4 Å². The van der Waals surface area contributed by atoms with Gasteiger partial charge in [0.05, 0.1) is 0 Å². The van der Waals surface area contributed by atoms with Crippen molar-refractivity contribution in [3.8, 4) is 0 Å². The van der Waals surface area contributed by atoms with E-state index in [-0.39, 0.29) is 42.4 Å². The summed E-state index contributed by atoms with van der Waals surface area (Å²) in [6.07, 6.45) is -3.56. The fourth-order valence-electron chi connectivity index (χ4n) is 1.67. The van der Waals surface area contributed by atoms with Crippen molar-refractivity contribution in [3.63, 3.8) is 0 Å². The zero-order chi connectivity index (χ0) is 15.9. The van der Waals surface area contributed by atoms with Gasteiger partial charge in [0.25, 0.3) is 0 Å². The van der Waals surface area contributed by atoms with Gasteiger partial charge in [0.15, 0.2) is 10.1 Å². The van der Waals surface area contributed by atoms with Gasteiger partial charge >= 0.3 is 41.0 Å². The van der Waals surface area contributed by atoms with Crippen molar-refractivity contribution in [2.45, 2.75) is 69.2 Å². The number of hydrogen-bond donors (Lipinski definition) is 0. The van der Waals surface area contributed by atoms with Crippen LogP contribution in [0, 0.1) is 0 Å². The molecule has 0 aromatic heterocycles. The second kappa shape index (κ2) is 10.4. The smallest absolute Gasteiger partial charge is 0.743 e. The van der Waals surface area contributed by atoms with Crippen molar-refractivity contribution in [1.82, 2.24) is 0 Å². The molecule has 0 rings (SSSR count). The molecule has 0 heterocycles. The first-order chi connectivity index (χ1) is 8.96. The third-order valence-corrected chi connectivity index (χ3v) is 3.73. The summed E-state index contributed by atoms with van der Waals surface area (Å²) in [6.45, 7) is 0. The SMILES string of the molecule is O=S(=O)([O-])C(F)(F)CCCCCCCCCC(F)(F)F.[Na+]. The first-order valence-electron chi connectivity index (χ1n) is 6.36. The normalized spacial score (nSPS) is 13.0. The van der Waals surface area contributed by atoms with Crippen LogP contribution in [-0.2, 0) is 10.1 Å². The van der Waals surface area contributed by atoms with Crippen molar-refractivity contribution in [3.05, 3.63) is 0 Å². The molecular weight excluding hydrogens is 330 g/mol. The van der Waals surface area contributed by atoms with Crippen LogP contribution in [0.2, 0.25) is 0 Å². The monoisotopic (exact) mass is 348 g/mol. The van der Waals surface area contributed by atoms with Crippen molar-refractivity contribution in [2.24, 2.45) is 0 Å². The minimum atomic E-state index is -5.61. The Morgan fingerprint density at radius 1 is 0.714 bits per heavy atom. The quantitative estimate of drug-likeness (QED) is 0.258. The van der Waals surface area contributed by atoms with Crippen LogP contribution >= 0.6 is 0 Å². The van der Waals surface area contributed by atoms with Gasteiger partial charge < -0.3 is 4.55 Å². The van der Waals surface area contributed by atoms with Gasteiger partial charge in [-0.1, -0.05) is 32.1 Å². The van der Waals surface area contributed by atoms with Gasteiger partial charge in [0, 0.05) is 12.8 Å². The summed E-state index contributed by atoms with van der Waals surface area (Å²) in [5.41, 5.74) is 0. The molecule has 0 aliphatic carbocycles. The van der Waals surface area contributed by atoms with Gasteiger partial charge in [-0.15, -0.1) is 0 Å². The van der Waals surface area contributed by atoms with E-state index in [2.05, 4.69) is 0 Å². The maximum absolute atomic E-state index is 12.7. The van der Waals surface area contributed by atoms with Gasteiger partial charge in [-0.3, -0.25) is 0 Å². The second-order valence-electron chi connectivity index (χ2n) is 4.68. The van der Waals surface area contributed by atoms with E-state index >= 15 is 0 Å². The summed E-state index contributed by atoms with van der Waals surface area (Å²) in [5.74, 6) is 0. The Balaban J connectivity index is 0. The number of rotatable bonds is 10. The maximum Gasteiger partial charge on any atom is 1.00 e. The molecule has 122 valence electrons. The fraction of sp³-hybridized carbons (Fsp3) is 1.00. The Kier molecular flexibility index (Phi) is 11.7. The van der Waals surface area contributed by atoms with Crippen LogP contribution in [0.25, 0.3) is 0 Å². The molecule has 0 saturated heterocycles. The van der Waals surface area contributed by atoms with Gasteiger partial charge in [-0.2, -0.15) is 22.0 Å². The molecule has 0 atom stereocenters. The molecule has 0 amide bonds. The Hall–Kier alpha value is 0.560. The molecule has 0 fully saturated rings. The first-order valence-corrected chi connectivity index (χ1v) is 7.76. The van der Waals surface area contributed by atoms with E-state index in [0.29, 0.717) is 32.1 Å². The Labute approximate surface area is 143 Å². The zero-order valence-electron chi connectivity index (χ0n) is 11.9. The summed E-state index contributed by atoms with van der Waals surface area (Å²) < 4.78 is 91.3. The van der Waals surface area contributed by atoms with Crippen molar-refractivity contribution < 1.29 is 64.5 Å². The third kappa shape index (κ3) is 12.8. The van der Waals surface area contributed by atoms with Crippen LogP contribution in [0.3, 0.4) is 0 Å². The summed E-state index contributed by atoms with van der Waals surface area (Å²) >= 11 is 0. The van der Waals surface area contributed by atoms with E-state index in [1.807, 2.05) is 0 Å². The van der Waals surface area contributed by atoms with Gasteiger partial charge in [-0.05, 0) is 12.8 Å². The Morgan fingerprint density at radius 3 is 1.38 bits per heavy atom. The molecule has 0 aliphatic heterocycles. The van der Waals surface area contributed by atoms with Crippen molar-refractivity contribution in [1.29, 1.82) is 0 Å². The molecule has 0 aliphatic rings. The van der Waals surface area contributed by atoms with Crippen LogP contribution in [0.15, 0.2) is 0 Å². The Bertz CT molecular complexity index is 371. The molecule has 0 N–H and O–H groups in total. The molecule has 0 radical (unpaired) electrons. The van der Waals surface area contributed by atoms with E-state index in [9.17, 15) is 34.9 Å². The molecule has 0 bridgehead atoms. The average molecular weight is 348 g/mol. The summed E-state index contributed by atoms with van der Waals surface area (Å²) in [4.78, 5) is 0. The largest absolute Gasteiger partial charge is 1.00 e. The van der Waals surface area contributed by atoms with Crippen LogP contribution in [0.1, 0.15) is 57.8 Å². The van der Waals surface area contributed by atoms with E-state index in [4.69, 9.17) is 0 Å². The molecule has 0 spiro atoms. The van der Waals surface area contributed by atoms with Crippen molar-refractivity contribution in [2.75, 3.05) is 0 Å². The Morgan fingerprint density at radius 2 is 1.05 bits per heavy atom. The zero-order valence-corrected chi connectivity index (χ0v) is 14.7. The molecule has 21 heavy (non-hydrogen) atoms. The summed E-state index contributed by atoms with van der Waals surface area (Å²) in [7, 11) is -5.61. The molecule has 0 saturated carbocycles. The maximum atomic E-state index is 12.7. The number of unbranched alkanes of at least 4 members (excludes halogenated alkanes) is 6. The third-order valence-electron chi connectivity index (χ3n) is 2.79. The van der Waals surface area contributed by atoms with Crippen LogP contribution < -0.4 is 29.6 Å². The van der Waals surface area contributed by atoms with E-state index < -0.39 is 34.4 Å². The molecule has 0 aromatic carbocycles. The van der Waals surface area contributed by atoms with Crippen molar-refractivity contribution >= 4 is 10.1 Å². The van der Waals surface area contributed by atoms with Gasteiger partial charge in [-0.25, -0.2) is 8.42 Å². The summed E-state index contributed by atoms with van der Waals surface area (Å²) in [6, 6.07) is 0. The first kappa shape index (κ1) is 23.8. The number of alkyl halides is 5. The predicted octanol–water partition coefficient (Wildman–Crippen LogP) is 1.20. The molecule has 10 heteroatoms. The number of hydrogen-bond acceptors (Lipinski definition) is 3. The van der Waals surface area contributed by atoms with E-state index in [1.54, 1.807) is 0 Å². The minimum absolute atomic E-state index is 0. The molecular formula is C11H18F5NaO3S. The minimum Gasteiger partial charge on any atom is -0.743 e. The molecule has 0 unspecified atom stereocenters. The standard InChI is InChI=1S/C11H19F5O3S.Na/c12-10(13,14)8-6-4-2-1-3-5-7-9-11(15,16)20(17,18)19;/h1-9H2,(H,17,18,19);/q;+1/p-1. The van der Waals surface area contributed by atoms with Gasteiger partial charge in [0.1, 0.15) is 0 Å². The van der Waals surface area contributed by atoms with Gasteiger partial charge in [0.2, 0.25) is 0 Å². The average Bonchev–Trinajstić information content (AvgIpc) is 2.23. The fourth-order valence-corrected chi connectivity index (χ4v) is 2.06. The number of halogens is 5. The van der Waals surface area contributed by atoms with Crippen LogP contribution in [0.5, 0.6) is 0 Å². The topological polar surface area (TPSA) is 57.2 Å². The predicted molar refractivity (Wildman–Crippen MR) is 62.3 cm³/mol. The van der Waals surface area contributed by atoms with E-state index in [0.717, 1.165) is 0 Å². The van der Waals surface area contributed by atoms with Crippen LogP contribution in [0.4, 0.5) is 22.0 Å². The molecule has 0 aromatic rings.